The van der Waals surface area contributed by atoms with Crippen molar-refractivity contribution in [3.05, 3.63) is 18.2 Å². The predicted molar refractivity (Wildman–Crippen MR) is 93.3 cm³/mol. The van der Waals surface area contributed by atoms with E-state index in [4.69, 9.17) is 0 Å². The largest absolute Gasteiger partial charge is 0.341 e. The van der Waals surface area contributed by atoms with Crippen LogP contribution in [0.3, 0.4) is 0 Å². The standard InChI is InChI=1S/C19H30N4O/c1-21-11-9-20-17(21)13-22-10-5-8-19(14-22)15-23(18(19)24)12-16-6-3-2-4-7-16/h9,11,16H,2-8,10,12-15H2,1H3/t19-/m1/s1. The molecule has 0 bridgehead atoms. The zero-order valence-corrected chi connectivity index (χ0v) is 14.9. The molecule has 0 unspecified atom stereocenters. The van der Waals surface area contributed by atoms with E-state index in [2.05, 4.69) is 19.4 Å². The molecule has 3 fully saturated rings. The summed E-state index contributed by atoms with van der Waals surface area (Å²) in [6.45, 7) is 4.87. The van der Waals surface area contributed by atoms with Crippen LogP contribution in [0.4, 0.5) is 0 Å². The number of carbonyl (C=O) groups excluding carboxylic acids is 1. The molecule has 1 aliphatic carbocycles. The van der Waals surface area contributed by atoms with Crippen molar-refractivity contribution < 1.29 is 4.79 Å². The molecule has 2 aliphatic heterocycles. The molecule has 3 heterocycles. The third-order valence-corrected chi connectivity index (χ3v) is 6.38. The fourth-order valence-corrected chi connectivity index (χ4v) is 4.99. The number of hydrogen-bond acceptors (Lipinski definition) is 3. The molecule has 24 heavy (non-hydrogen) atoms. The summed E-state index contributed by atoms with van der Waals surface area (Å²) in [6.07, 6.45) is 12.8. The number of aryl methyl sites for hydroxylation is 1. The van der Waals surface area contributed by atoms with E-state index < -0.39 is 0 Å². The monoisotopic (exact) mass is 330 g/mol. The highest BCUT2D eigenvalue weighted by molar-refractivity contribution is 5.89. The SMILES string of the molecule is Cn1ccnc1CN1CCC[C@@]2(C1)CN(CC1CCCCC1)C2=O. The fourth-order valence-electron chi connectivity index (χ4n) is 4.99. The van der Waals surface area contributed by atoms with Gasteiger partial charge < -0.3 is 9.47 Å². The minimum absolute atomic E-state index is 0.0852. The first kappa shape index (κ1) is 16.1. The maximum atomic E-state index is 12.9. The van der Waals surface area contributed by atoms with Crippen molar-refractivity contribution in [3.8, 4) is 0 Å². The van der Waals surface area contributed by atoms with Crippen LogP contribution in [0.5, 0.6) is 0 Å². The molecule has 132 valence electrons. The van der Waals surface area contributed by atoms with E-state index in [-0.39, 0.29) is 5.41 Å². The number of aromatic nitrogens is 2. The molecule has 5 nitrogen and oxygen atoms in total. The van der Waals surface area contributed by atoms with E-state index in [9.17, 15) is 4.79 Å². The quantitative estimate of drug-likeness (QED) is 0.796. The number of likely N-dealkylation sites (tertiary alicyclic amines) is 2. The van der Waals surface area contributed by atoms with Crippen LogP contribution in [0.25, 0.3) is 0 Å². The maximum absolute atomic E-state index is 12.9. The van der Waals surface area contributed by atoms with Crippen LogP contribution in [0.2, 0.25) is 0 Å². The average molecular weight is 330 g/mol. The van der Waals surface area contributed by atoms with E-state index in [0.717, 1.165) is 57.3 Å². The number of carbonyl (C=O) groups is 1. The lowest BCUT2D eigenvalue weighted by molar-refractivity contribution is -0.168. The maximum Gasteiger partial charge on any atom is 0.231 e. The molecule has 1 spiro atoms. The molecule has 2 saturated heterocycles. The van der Waals surface area contributed by atoms with E-state index in [1.54, 1.807) is 0 Å². The van der Waals surface area contributed by atoms with Crippen molar-refractivity contribution >= 4 is 5.91 Å². The van der Waals surface area contributed by atoms with E-state index in [1.165, 1.54) is 32.1 Å². The second kappa shape index (κ2) is 6.51. The van der Waals surface area contributed by atoms with Crippen LogP contribution in [0.1, 0.15) is 50.8 Å². The molecule has 1 aromatic heterocycles. The van der Waals surface area contributed by atoms with E-state index in [0.29, 0.717) is 5.91 Å². The Morgan fingerprint density at radius 3 is 2.75 bits per heavy atom. The lowest BCUT2D eigenvalue weighted by atomic mass is 9.71. The van der Waals surface area contributed by atoms with Gasteiger partial charge in [-0.25, -0.2) is 4.98 Å². The zero-order valence-electron chi connectivity index (χ0n) is 14.9. The van der Waals surface area contributed by atoms with Crippen molar-refractivity contribution in [2.24, 2.45) is 18.4 Å². The van der Waals surface area contributed by atoms with Gasteiger partial charge in [0, 0.05) is 39.1 Å². The third kappa shape index (κ3) is 2.99. The normalized spacial score (nSPS) is 29.2. The summed E-state index contributed by atoms with van der Waals surface area (Å²) in [5.41, 5.74) is -0.0852. The summed E-state index contributed by atoms with van der Waals surface area (Å²) in [6, 6.07) is 0. The number of hydrogen-bond donors (Lipinski definition) is 0. The Balaban J connectivity index is 1.34. The molecule has 3 aliphatic rings. The number of nitrogens with zero attached hydrogens (tertiary/aromatic N) is 4. The minimum atomic E-state index is -0.0852. The van der Waals surface area contributed by atoms with E-state index >= 15 is 0 Å². The molecule has 1 atom stereocenters. The Hall–Kier alpha value is -1.36. The lowest BCUT2D eigenvalue weighted by Crippen LogP contribution is -2.67. The molecule has 0 N–H and O–H groups in total. The van der Waals surface area contributed by atoms with Gasteiger partial charge in [0.05, 0.1) is 12.0 Å². The highest BCUT2D eigenvalue weighted by atomic mass is 16.2. The Morgan fingerprint density at radius 2 is 2.04 bits per heavy atom. The fraction of sp³-hybridized carbons (Fsp3) is 0.789. The van der Waals surface area contributed by atoms with Crippen LogP contribution in [0.15, 0.2) is 12.4 Å². The van der Waals surface area contributed by atoms with Gasteiger partial charge in [-0.2, -0.15) is 0 Å². The van der Waals surface area contributed by atoms with Gasteiger partial charge in [0.25, 0.3) is 0 Å². The van der Waals surface area contributed by atoms with Crippen molar-refractivity contribution in [2.75, 3.05) is 26.2 Å². The predicted octanol–water partition coefficient (Wildman–Crippen LogP) is 2.42. The molecular formula is C19H30N4O. The Kier molecular flexibility index (Phi) is 4.37. The van der Waals surface area contributed by atoms with Crippen molar-refractivity contribution in [3.63, 3.8) is 0 Å². The molecule has 0 radical (unpaired) electrons. The van der Waals surface area contributed by atoms with Crippen molar-refractivity contribution in [2.45, 2.75) is 51.5 Å². The lowest BCUT2D eigenvalue weighted by Gasteiger charge is -2.54. The second-order valence-corrected chi connectivity index (χ2v) is 8.24. The highest BCUT2D eigenvalue weighted by Gasteiger charge is 2.53. The Bertz CT molecular complexity index is 592. The first-order valence-corrected chi connectivity index (χ1v) is 9.64. The molecule has 0 aromatic carbocycles. The molecule has 1 saturated carbocycles. The molecule has 4 rings (SSSR count). The Labute approximate surface area is 145 Å². The summed E-state index contributed by atoms with van der Waals surface area (Å²) in [7, 11) is 2.04. The van der Waals surface area contributed by atoms with Gasteiger partial charge in [-0.15, -0.1) is 0 Å². The topological polar surface area (TPSA) is 41.4 Å². The van der Waals surface area contributed by atoms with Crippen LogP contribution >= 0.6 is 0 Å². The zero-order chi connectivity index (χ0) is 16.6. The van der Waals surface area contributed by atoms with Gasteiger partial charge in [0.1, 0.15) is 5.82 Å². The smallest absolute Gasteiger partial charge is 0.231 e. The van der Waals surface area contributed by atoms with Crippen molar-refractivity contribution in [1.29, 1.82) is 0 Å². The van der Waals surface area contributed by atoms with Gasteiger partial charge in [-0.05, 0) is 38.1 Å². The Morgan fingerprint density at radius 1 is 1.21 bits per heavy atom. The number of amides is 1. The minimum Gasteiger partial charge on any atom is -0.341 e. The number of piperidine rings is 1. The molecule has 1 amide bonds. The summed E-state index contributed by atoms with van der Waals surface area (Å²) in [5.74, 6) is 2.28. The van der Waals surface area contributed by atoms with Crippen molar-refractivity contribution in [1.82, 2.24) is 19.4 Å². The van der Waals surface area contributed by atoms with Gasteiger partial charge in [-0.3, -0.25) is 9.69 Å². The summed E-state index contributed by atoms with van der Waals surface area (Å²) in [4.78, 5) is 21.9. The van der Waals surface area contributed by atoms with Gasteiger partial charge >= 0.3 is 0 Å². The number of rotatable bonds is 4. The first-order valence-electron chi connectivity index (χ1n) is 9.64. The van der Waals surface area contributed by atoms with E-state index in [1.807, 2.05) is 19.4 Å². The van der Waals surface area contributed by atoms with Gasteiger partial charge in [0.2, 0.25) is 5.91 Å². The summed E-state index contributed by atoms with van der Waals surface area (Å²) >= 11 is 0. The first-order chi connectivity index (χ1) is 11.7. The number of β-lactam (4-membered cyclic amide) rings is 1. The molecule has 1 aromatic rings. The van der Waals surface area contributed by atoms with Crippen LogP contribution in [-0.2, 0) is 18.4 Å². The van der Waals surface area contributed by atoms with Crippen LogP contribution in [0, 0.1) is 11.3 Å². The highest BCUT2D eigenvalue weighted by Crippen LogP contribution is 2.41. The second-order valence-electron chi connectivity index (χ2n) is 8.24. The summed E-state index contributed by atoms with van der Waals surface area (Å²) < 4.78 is 2.08. The summed E-state index contributed by atoms with van der Waals surface area (Å²) in [5, 5.41) is 0. The van der Waals surface area contributed by atoms with Gasteiger partial charge in [0.15, 0.2) is 0 Å². The van der Waals surface area contributed by atoms with Crippen LogP contribution in [-0.4, -0.2) is 51.4 Å². The van der Waals surface area contributed by atoms with Gasteiger partial charge in [-0.1, -0.05) is 19.3 Å². The molecular weight excluding hydrogens is 300 g/mol. The van der Waals surface area contributed by atoms with Crippen LogP contribution < -0.4 is 0 Å². The molecule has 5 heteroatoms. The third-order valence-electron chi connectivity index (χ3n) is 6.38. The number of imidazole rings is 1. The average Bonchev–Trinajstić information content (AvgIpc) is 3.00.